The van der Waals surface area contributed by atoms with Crippen LogP contribution in [-0.4, -0.2) is 29.6 Å². The first-order valence-electron chi connectivity index (χ1n) is 9.42. The van der Waals surface area contributed by atoms with Gasteiger partial charge in [0, 0.05) is 24.4 Å². The largest absolute Gasteiger partial charge is 0.391 e. The molecule has 3 N–H and O–H groups in total. The number of nitrogens with zero attached hydrogens (tertiary/aromatic N) is 3. The smallest absolute Gasteiger partial charge is 0.177 e. The maximum absolute atomic E-state index is 6.09. The molecule has 0 radical (unpaired) electrons. The zero-order valence-corrected chi connectivity index (χ0v) is 15.6. The lowest BCUT2D eigenvalue weighted by molar-refractivity contribution is -0.670. The minimum absolute atomic E-state index is 0.160. The molecule has 1 aliphatic rings. The van der Waals surface area contributed by atoms with E-state index in [1.54, 1.807) is 0 Å². The number of oxime groups is 1. The molecule has 0 amide bonds. The van der Waals surface area contributed by atoms with Crippen LogP contribution in [0.2, 0.25) is 0 Å². The first-order chi connectivity index (χ1) is 13.2. The van der Waals surface area contributed by atoms with Crippen molar-refractivity contribution >= 4 is 16.7 Å². The molecule has 1 aliphatic heterocycles. The first kappa shape index (κ1) is 17.5. The minimum Gasteiger partial charge on any atom is -0.391 e. The van der Waals surface area contributed by atoms with Crippen LogP contribution in [-0.2, 0) is 18.4 Å². The zero-order chi connectivity index (χ0) is 18.6. The molecular weight excluding hydrogens is 338 g/mol. The second-order valence-electron chi connectivity index (χ2n) is 7.12. The van der Waals surface area contributed by atoms with E-state index in [9.17, 15) is 0 Å². The van der Waals surface area contributed by atoms with Crippen LogP contribution >= 0.6 is 0 Å². The van der Waals surface area contributed by atoms with Crippen molar-refractivity contribution in [3.05, 3.63) is 66.1 Å². The number of amidine groups is 1. The maximum atomic E-state index is 6.09. The quantitative estimate of drug-likeness (QED) is 0.314. The van der Waals surface area contributed by atoms with Crippen LogP contribution in [0.1, 0.15) is 24.0 Å². The van der Waals surface area contributed by atoms with E-state index in [-0.39, 0.29) is 6.10 Å². The lowest BCUT2D eigenvalue weighted by Gasteiger charge is -2.20. The Morgan fingerprint density at radius 2 is 2.00 bits per heavy atom. The van der Waals surface area contributed by atoms with Gasteiger partial charge >= 0.3 is 0 Å². The topological polar surface area (TPSA) is 68.5 Å². The lowest BCUT2D eigenvalue weighted by Crippen LogP contribution is -2.32. The third-order valence-corrected chi connectivity index (χ3v) is 5.04. The van der Waals surface area contributed by atoms with Crippen molar-refractivity contribution in [2.75, 3.05) is 13.1 Å². The van der Waals surface area contributed by atoms with Crippen molar-refractivity contribution in [2.24, 2.45) is 17.9 Å². The van der Waals surface area contributed by atoms with Gasteiger partial charge in [0.15, 0.2) is 18.2 Å². The average molecular weight is 364 g/mol. The fourth-order valence-electron chi connectivity index (χ4n) is 3.45. The fraction of sp³-hybridized carbons (Fsp3) is 0.333. The molecule has 0 saturated carbocycles. The van der Waals surface area contributed by atoms with E-state index >= 15 is 0 Å². The van der Waals surface area contributed by atoms with E-state index in [1.165, 1.54) is 16.5 Å². The fourth-order valence-corrected chi connectivity index (χ4v) is 3.45. The Morgan fingerprint density at radius 1 is 1.22 bits per heavy atom. The molecule has 0 atom stereocenters. The van der Waals surface area contributed by atoms with Crippen LogP contribution in [0.5, 0.6) is 0 Å². The minimum atomic E-state index is 0.160. The van der Waals surface area contributed by atoms with Gasteiger partial charge in [-0.15, -0.1) is 0 Å². The molecular formula is C21H26N5O+. The predicted molar refractivity (Wildman–Crippen MR) is 106 cm³/mol. The van der Waals surface area contributed by atoms with E-state index < -0.39 is 0 Å². The van der Waals surface area contributed by atoms with Crippen molar-refractivity contribution in [3.8, 4) is 0 Å². The maximum Gasteiger partial charge on any atom is 0.177 e. The normalized spacial score (nSPS) is 16.0. The summed E-state index contributed by atoms with van der Waals surface area (Å²) < 4.78 is 4.32. The van der Waals surface area contributed by atoms with Crippen molar-refractivity contribution in [3.63, 3.8) is 0 Å². The van der Waals surface area contributed by atoms with Gasteiger partial charge in [-0.05, 0) is 37.6 Å². The number of fused-ring (bicyclic) bond motifs is 1. The number of hydrogen-bond donors (Lipinski definition) is 2. The van der Waals surface area contributed by atoms with E-state index in [2.05, 4.69) is 62.5 Å². The molecule has 0 aliphatic carbocycles. The van der Waals surface area contributed by atoms with Gasteiger partial charge in [-0.3, -0.25) is 0 Å². The Morgan fingerprint density at radius 3 is 2.78 bits per heavy atom. The second-order valence-corrected chi connectivity index (χ2v) is 7.12. The van der Waals surface area contributed by atoms with Crippen LogP contribution in [0.25, 0.3) is 10.9 Å². The Labute approximate surface area is 159 Å². The Kier molecular flexibility index (Phi) is 5.07. The van der Waals surface area contributed by atoms with Crippen LogP contribution in [0.3, 0.4) is 0 Å². The molecule has 0 unspecified atom stereocenters. The zero-order valence-electron chi connectivity index (χ0n) is 15.6. The average Bonchev–Trinajstić information content (AvgIpc) is 3.09. The first-order valence-corrected chi connectivity index (χ1v) is 9.42. The number of benzene rings is 1. The van der Waals surface area contributed by atoms with Gasteiger partial charge in [-0.1, -0.05) is 29.4 Å². The molecule has 3 aromatic rings. The molecule has 0 spiro atoms. The Bertz CT molecular complexity index is 939. The summed E-state index contributed by atoms with van der Waals surface area (Å²) in [6, 6.07) is 12.5. The summed E-state index contributed by atoms with van der Waals surface area (Å²) in [6.07, 6.45) is 8.43. The summed E-state index contributed by atoms with van der Waals surface area (Å²) in [5, 5.41) is 8.68. The van der Waals surface area contributed by atoms with Gasteiger partial charge in [0.05, 0.1) is 10.9 Å². The molecule has 2 aromatic heterocycles. The second kappa shape index (κ2) is 7.80. The van der Waals surface area contributed by atoms with Gasteiger partial charge in [0.2, 0.25) is 0 Å². The van der Waals surface area contributed by atoms with Crippen molar-refractivity contribution < 1.29 is 9.40 Å². The number of nitrogens with two attached hydrogens (primary N) is 1. The number of rotatable bonds is 5. The van der Waals surface area contributed by atoms with Crippen molar-refractivity contribution in [2.45, 2.75) is 25.5 Å². The molecule has 4 rings (SSSR count). The van der Waals surface area contributed by atoms with Crippen LogP contribution < -0.4 is 15.6 Å². The molecule has 6 nitrogen and oxygen atoms in total. The highest BCUT2D eigenvalue weighted by Crippen LogP contribution is 2.16. The van der Waals surface area contributed by atoms with Crippen LogP contribution in [0.4, 0.5) is 0 Å². The molecule has 27 heavy (non-hydrogen) atoms. The van der Waals surface area contributed by atoms with Crippen LogP contribution in [0.15, 0.2) is 60.1 Å². The van der Waals surface area contributed by atoms with Gasteiger partial charge < -0.3 is 20.5 Å². The van der Waals surface area contributed by atoms with Gasteiger partial charge in [-0.25, -0.2) is 4.57 Å². The van der Waals surface area contributed by atoms with Gasteiger partial charge in [0.1, 0.15) is 13.2 Å². The van der Waals surface area contributed by atoms with E-state index in [1.807, 2.05) is 19.2 Å². The molecule has 0 bridgehead atoms. The molecule has 3 heterocycles. The summed E-state index contributed by atoms with van der Waals surface area (Å²) in [7, 11) is 2.04. The highest BCUT2D eigenvalue weighted by molar-refractivity contribution is 5.97. The summed E-state index contributed by atoms with van der Waals surface area (Å²) in [5.74, 6) is 0.430. The number of hydrogen-bond acceptors (Lipinski definition) is 3. The molecule has 6 heteroatoms. The third kappa shape index (κ3) is 4.11. The number of aromatic nitrogens is 2. The number of nitrogens with one attached hydrogen (secondary N) is 1. The lowest BCUT2D eigenvalue weighted by atomic mass is 10.1. The molecule has 1 fully saturated rings. The van der Waals surface area contributed by atoms with Gasteiger partial charge in [-0.2, -0.15) is 0 Å². The number of pyridine rings is 1. The van der Waals surface area contributed by atoms with E-state index in [0.717, 1.165) is 38.0 Å². The number of piperidine rings is 1. The standard InChI is InChI=1S/C21H26N5O/c1-25-12-9-20-18(15-25)8-13-26(20)14-16-2-4-17(5-3-16)21(22)24-27-19-6-10-23-11-7-19/h2-5,8-9,12-13,15,19,23H,6-7,10-11,14H2,1H3,(H2,22,24)/q+1. The number of aryl methyl sites for hydroxylation is 1. The summed E-state index contributed by atoms with van der Waals surface area (Å²) in [4.78, 5) is 5.59. The van der Waals surface area contributed by atoms with E-state index in [0.29, 0.717) is 5.84 Å². The molecule has 140 valence electrons. The summed E-state index contributed by atoms with van der Waals surface area (Å²) in [6.45, 7) is 2.77. The van der Waals surface area contributed by atoms with Crippen LogP contribution in [0, 0.1) is 0 Å². The third-order valence-electron chi connectivity index (χ3n) is 5.04. The van der Waals surface area contributed by atoms with Gasteiger partial charge in [0.25, 0.3) is 0 Å². The highest BCUT2D eigenvalue weighted by Gasteiger charge is 2.14. The van der Waals surface area contributed by atoms with Crippen molar-refractivity contribution in [1.82, 2.24) is 9.88 Å². The Hall–Kier alpha value is -2.86. The summed E-state index contributed by atoms with van der Waals surface area (Å²) >= 11 is 0. The SMILES string of the molecule is C[n+]1ccc2c(ccn2Cc2ccc(C(N)=NOC3CCNCC3)cc2)c1. The molecule has 1 aromatic carbocycles. The van der Waals surface area contributed by atoms with Crippen molar-refractivity contribution in [1.29, 1.82) is 0 Å². The molecule has 1 saturated heterocycles. The monoisotopic (exact) mass is 364 g/mol. The van der Waals surface area contributed by atoms with E-state index in [4.69, 9.17) is 10.6 Å². The highest BCUT2D eigenvalue weighted by atomic mass is 16.6. The summed E-state index contributed by atoms with van der Waals surface area (Å²) in [5.41, 5.74) is 9.42. The Balaban J connectivity index is 1.43. The predicted octanol–water partition coefficient (Wildman–Crippen LogP) is 1.90.